The van der Waals surface area contributed by atoms with E-state index in [0.29, 0.717) is 39.9 Å². The van der Waals surface area contributed by atoms with Gasteiger partial charge >= 0.3 is 0 Å². The minimum Gasteiger partial charge on any atom is -0.294 e. The van der Waals surface area contributed by atoms with Crippen molar-refractivity contribution in [1.82, 2.24) is 94.3 Å². The number of nitrogens with zero attached hydrogens (tertiary/aromatic N) is 20. The first-order chi connectivity index (χ1) is 70.9. The maximum atomic E-state index is 6.31. The number of para-hydroxylation sites is 19. The molecule has 0 N–H and O–H groups in total. The van der Waals surface area contributed by atoms with Gasteiger partial charge in [0, 0.05) is 34.3 Å². The van der Waals surface area contributed by atoms with Gasteiger partial charge in [0.05, 0.1) is 121 Å². The number of benzene rings is 18. The number of aromatic nitrogens is 20. The molecule has 22 heteroatoms. The molecule has 0 unspecified atom stereocenters. The maximum absolute atomic E-state index is 6.31. The van der Waals surface area contributed by atoms with Crippen LogP contribution in [0.1, 0.15) is 0 Å². The van der Waals surface area contributed by atoms with Crippen LogP contribution in [0.25, 0.3) is 207 Å². The Balaban J connectivity index is 0.636. The molecule has 13 aromatic heterocycles. The van der Waals surface area contributed by atoms with Crippen LogP contribution in [0.15, 0.2) is 461 Å². The van der Waals surface area contributed by atoms with Crippen LogP contribution in [0, 0.1) is 0 Å². The minimum absolute atomic E-state index is 0.624. The van der Waals surface area contributed by atoms with Gasteiger partial charge in [-0.2, -0.15) is 0 Å². The summed E-state index contributed by atoms with van der Waals surface area (Å²) in [5.74, 6) is 6.36. The molecule has 0 aliphatic rings. The molecule has 0 radical (unpaired) electrons. The van der Waals surface area contributed by atoms with Crippen molar-refractivity contribution in [2.75, 3.05) is 0 Å². The molecule has 0 saturated carbocycles. The minimum atomic E-state index is -3.82. The predicted octanol–water partition coefficient (Wildman–Crippen LogP) is 20.5. The van der Waals surface area contributed by atoms with Crippen molar-refractivity contribution in [1.29, 1.82) is 0 Å². The summed E-state index contributed by atoms with van der Waals surface area (Å²) in [6, 6.07) is 165. The Hall–Kier alpha value is -19.3. The fraction of sp³-hybridized carbons (Fsp3) is 0. The lowest BCUT2D eigenvalue weighted by Gasteiger charge is -2.33. The van der Waals surface area contributed by atoms with Gasteiger partial charge < -0.3 is 0 Å². The summed E-state index contributed by atoms with van der Waals surface area (Å²) in [6.07, 6.45) is 0. The van der Waals surface area contributed by atoms with Gasteiger partial charge in [-0.3, -0.25) is 49.4 Å². The van der Waals surface area contributed by atoms with Gasteiger partial charge in [-0.25, -0.2) is 44.9 Å². The summed E-state index contributed by atoms with van der Waals surface area (Å²) in [5.41, 5.74) is 26.4. The lowest BCUT2D eigenvalue weighted by Crippen LogP contribution is -2.76. The smallest absolute Gasteiger partial charge is 0.226 e. The monoisotopic (exact) mass is 1860 g/mol. The van der Waals surface area contributed by atoms with Crippen molar-refractivity contribution in [3.05, 3.63) is 461 Å². The fourth-order valence-corrected chi connectivity index (χ4v) is 32.5. The van der Waals surface area contributed by atoms with E-state index in [2.05, 4.69) is 510 Å². The topological polar surface area (TPSA) is 168 Å². The van der Waals surface area contributed by atoms with Gasteiger partial charge in [-0.1, -0.05) is 291 Å². The van der Waals surface area contributed by atoms with E-state index >= 15 is 0 Å². The quantitative estimate of drug-likeness (QED) is 0.0716. The fourth-order valence-electron chi connectivity index (χ4n) is 23.6. The van der Waals surface area contributed by atoms with Gasteiger partial charge in [-0.05, 0) is 200 Å². The first-order valence-electron chi connectivity index (χ1n) is 48.1. The normalized spacial score (nSPS) is 12.5. The van der Waals surface area contributed by atoms with Gasteiger partial charge in [0.2, 0.25) is 45.0 Å². The molecule has 0 fully saturated rings. The average molecular weight is 1870 g/mol. The summed E-state index contributed by atoms with van der Waals surface area (Å²) in [4.78, 5) is 52.9. The highest BCUT2D eigenvalue weighted by Gasteiger charge is 2.48. The van der Waals surface area contributed by atoms with Gasteiger partial charge in [0.1, 0.15) is 34.2 Å². The van der Waals surface area contributed by atoms with Crippen LogP contribution in [0.5, 0.6) is 0 Å². The van der Waals surface area contributed by atoms with Crippen molar-refractivity contribution in [3.8, 4) is 45.8 Å². The number of hydrogen-bond donors (Lipinski definition) is 0. The zero-order valence-electron chi connectivity index (χ0n) is 76.3. The van der Waals surface area contributed by atoms with Crippen molar-refractivity contribution >= 4 is 219 Å². The van der Waals surface area contributed by atoms with Crippen LogP contribution in [0.2, 0.25) is 0 Å². The lowest BCUT2D eigenvalue weighted by atomic mass is 9.99. The van der Waals surface area contributed by atoms with E-state index in [4.69, 9.17) is 44.9 Å². The van der Waals surface area contributed by atoms with E-state index in [-0.39, 0.29) is 0 Å². The molecule has 31 aromatic rings. The predicted molar refractivity (Wildman–Crippen MR) is 580 cm³/mol. The van der Waals surface area contributed by atoms with E-state index < -0.39 is 16.1 Å². The molecule has 20 nitrogen and oxygen atoms in total. The first kappa shape index (κ1) is 78.8. The molecule has 0 bridgehead atoms. The molecule has 668 valence electrons. The largest absolute Gasteiger partial charge is 0.294 e. The highest BCUT2D eigenvalue weighted by molar-refractivity contribution is 7.20. The number of rotatable bonds is 15. The summed E-state index contributed by atoms with van der Waals surface area (Å²) < 4.78 is 25.2. The van der Waals surface area contributed by atoms with Crippen LogP contribution >= 0.6 is 0 Å². The van der Waals surface area contributed by atoms with E-state index in [1.807, 2.05) is 0 Å². The second kappa shape index (κ2) is 30.1. The highest BCUT2D eigenvalue weighted by atomic mass is 28.3. The lowest BCUT2D eigenvalue weighted by molar-refractivity contribution is 0.982. The number of imidazole rings is 10. The Morgan fingerprint density at radius 3 is 0.790 bits per heavy atom. The van der Waals surface area contributed by atoms with E-state index in [0.717, 1.165) is 209 Å². The van der Waals surface area contributed by atoms with Crippen LogP contribution < -0.4 is 42.0 Å². The van der Waals surface area contributed by atoms with E-state index in [1.165, 1.54) is 0 Å². The van der Waals surface area contributed by atoms with Gasteiger partial charge in [0.15, 0.2) is 0 Å². The highest BCUT2D eigenvalue weighted by Crippen LogP contribution is 2.43. The van der Waals surface area contributed by atoms with Crippen molar-refractivity contribution in [2.24, 2.45) is 0 Å². The average Bonchev–Trinajstić information content (AvgIpc) is 1.66. The van der Waals surface area contributed by atoms with Gasteiger partial charge in [0.25, 0.3) is 0 Å². The second-order valence-electron chi connectivity index (χ2n) is 36.9. The Morgan fingerprint density at radius 1 is 0.161 bits per heavy atom. The Labute approximate surface area is 814 Å². The summed E-state index contributed by atoms with van der Waals surface area (Å²) >= 11 is 0. The van der Waals surface area contributed by atoms with Crippen molar-refractivity contribution in [2.45, 2.75) is 0 Å². The molecule has 0 aliphatic heterocycles. The summed E-state index contributed by atoms with van der Waals surface area (Å²) in [7, 11) is -7.63. The zero-order chi connectivity index (χ0) is 93.4. The molecule has 31 rings (SSSR count). The Bertz CT molecular complexity index is 10700. The molecule has 18 aromatic carbocycles. The number of fused-ring (bicyclic) bond motifs is 28. The molecule has 143 heavy (non-hydrogen) atoms. The van der Waals surface area contributed by atoms with Crippen LogP contribution in [-0.2, 0) is 0 Å². The molecule has 13 heterocycles. The summed E-state index contributed by atoms with van der Waals surface area (Å²) in [5, 5.41) is 8.65. The molecular weight excluding hydrogens is 1790 g/mol. The van der Waals surface area contributed by atoms with Crippen molar-refractivity contribution in [3.63, 3.8) is 0 Å². The van der Waals surface area contributed by atoms with E-state index in [1.54, 1.807) is 0 Å². The van der Waals surface area contributed by atoms with Crippen LogP contribution in [0.3, 0.4) is 0 Å². The molecule has 0 amide bonds. The van der Waals surface area contributed by atoms with Gasteiger partial charge in [-0.15, -0.1) is 0 Å². The van der Waals surface area contributed by atoms with E-state index in [9.17, 15) is 0 Å². The molecule has 0 aliphatic carbocycles. The molecular formula is C121H76N20Si2. The molecule has 0 atom stereocenters. The Morgan fingerprint density at radius 2 is 0.427 bits per heavy atom. The third-order valence-electron chi connectivity index (χ3n) is 29.5. The third-order valence-corrected chi connectivity index (χ3v) is 38.5. The number of hydrogen-bond acceptors (Lipinski definition) is 9. The van der Waals surface area contributed by atoms with Crippen LogP contribution in [0.4, 0.5) is 0 Å². The molecule has 0 saturated heterocycles. The summed E-state index contributed by atoms with van der Waals surface area (Å²) in [6.45, 7) is 0. The van der Waals surface area contributed by atoms with Crippen LogP contribution in [-0.4, -0.2) is 110 Å². The third kappa shape index (κ3) is 11.1. The second-order valence-corrected chi connectivity index (χ2v) is 44.3. The standard InChI is InChI=1S/C121H76N20Si2/c1-5-38-80(39-6-1)142(81-40-7-2-8-41-81,84-46-33-36-78(73-84)131-99-59-23-25-61-101(99)134-94-55-19-14-50-88(94)122-117(131)134)115-127-110(75-111(128-115)139-106-66-30-27-63-103(106)136-96-57-21-16-52-90(96)124-119(136)139)133-93-54-18-13-48-87(93)114-86(49-35-69-109(114)133)77-70-71-98-92(72-77)126-121-138(98)105-65-29-32-68-108(105)141(121)113-76-112(140-107-67-31-28-64-104(107)137-97-58-22-17-53-91(97)125-120(137)140)129-116(130-113)143(82-42-9-3-10-43-82,83-44-11-4-12-45-83)85-47-34-37-79(74-85)132-100-60-24-26-62-102(100)135-95-56-20-15-51-89(95)123-118(132)135/h1-76H. The molecule has 0 spiro atoms. The first-order valence-corrected chi connectivity index (χ1v) is 52.1. The Kier molecular flexibility index (Phi) is 16.6. The maximum Gasteiger partial charge on any atom is 0.226 e. The SMILES string of the molecule is c1ccc([Si](c2ccccc2)(c2cccc(-n3c4ccccc4n4c5ccccc5nc34)c2)c2nc(-n3c4ccccc4c4c(-c5ccc6c(c5)nc5n(-c7cc(-n8c9ccccc9n9c%10ccccc%10nc89)nc([Si](c8ccccc8)(c8ccccc8)c8cccc(-n9c%10ccccc%10n%10c%11ccccc%11nc9%10)c8)n7)c7ccccc7n65)cccc43)cc(-n3c4ccccc4n4c5ccccc5nc34)n2)cc1. The zero-order valence-corrected chi connectivity index (χ0v) is 78.3. The van der Waals surface area contributed by atoms with Crippen molar-refractivity contribution < 1.29 is 0 Å².